The molecule has 0 spiro atoms. The Bertz CT molecular complexity index is 1050. The second-order valence-electron chi connectivity index (χ2n) is 8.57. The molecule has 3 aromatic rings. The van der Waals surface area contributed by atoms with E-state index in [0.29, 0.717) is 12.0 Å². The van der Waals surface area contributed by atoms with Crippen molar-refractivity contribution in [2.45, 2.75) is 32.4 Å². The number of nitrogens with zero attached hydrogens (tertiary/aromatic N) is 7. The molecule has 0 unspecified atom stereocenters. The molecule has 3 aromatic heterocycles. The number of likely N-dealkylation sites (N-methyl/N-ethyl adjacent to an activating group) is 1. The first-order chi connectivity index (χ1) is 16.7. The van der Waals surface area contributed by atoms with Crippen LogP contribution in [0.3, 0.4) is 0 Å². The Hall–Kier alpha value is -2.73. The summed E-state index contributed by atoms with van der Waals surface area (Å²) in [5.41, 5.74) is 1.92. The van der Waals surface area contributed by atoms with Gasteiger partial charge >= 0.3 is 6.01 Å². The average molecular weight is 482 g/mol. The van der Waals surface area contributed by atoms with Crippen LogP contribution in [-0.4, -0.2) is 86.6 Å². The van der Waals surface area contributed by atoms with Crippen LogP contribution in [-0.2, 0) is 6.54 Å². The third-order valence-corrected chi connectivity index (χ3v) is 7.13. The van der Waals surface area contributed by atoms with Gasteiger partial charge in [0.25, 0.3) is 0 Å². The van der Waals surface area contributed by atoms with E-state index in [4.69, 9.17) is 4.74 Å². The zero-order valence-corrected chi connectivity index (χ0v) is 20.3. The highest BCUT2D eigenvalue weighted by atomic mass is 32.1. The summed E-state index contributed by atoms with van der Waals surface area (Å²) in [5, 5.41) is 7.26. The van der Waals surface area contributed by atoms with Crippen LogP contribution >= 0.6 is 11.3 Å². The molecule has 2 N–H and O–H groups in total. The van der Waals surface area contributed by atoms with Crippen LogP contribution in [0, 0.1) is 0 Å². The molecule has 34 heavy (non-hydrogen) atoms. The van der Waals surface area contributed by atoms with Gasteiger partial charge in [0.05, 0.1) is 10.6 Å². The van der Waals surface area contributed by atoms with Crippen LogP contribution in [0.5, 0.6) is 6.01 Å². The van der Waals surface area contributed by atoms with E-state index in [1.807, 2.05) is 18.5 Å². The molecule has 180 valence electrons. The predicted molar refractivity (Wildman–Crippen MR) is 132 cm³/mol. The molecule has 5 rings (SSSR count). The highest BCUT2D eigenvalue weighted by Crippen LogP contribution is 2.29. The van der Waals surface area contributed by atoms with Crippen LogP contribution in [0.2, 0.25) is 0 Å². The van der Waals surface area contributed by atoms with Crippen LogP contribution in [0.15, 0.2) is 30.9 Å². The minimum Gasteiger partial charge on any atom is -0.460 e. The topological polar surface area (TPSA) is 104 Å². The summed E-state index contributed by atoms with van der Waals surface area (Å²) in [6, 6.07) is 2.29. The van der Waals surface area contributed by atoms with Gasteiger partial charge in [0.1, 0.15) is 6.10 Å². The van der Waals surface area contributed by atoms with Crippen molar-refractivity contribution in [3.63, 3.8) is 0 Å². The van der Waals surface area contributed by atoms with E-state index in [0.717, 1.165) is 86.5 Å². The number of ether oxygens (including phenoxy) is 1. The number of thiazole rings is 1. The van der Waals surface area contributed by atoms with Crippen molar-refractivity contribution in [2.24, 2.45) is 0 Å². The summed E-state index contributed by atoms with van der Waals surface area (Å²) < 4.78 is 5.98. The number of piperazine rings is 1. The van der Waals surface area contributed by atoms with E-state index in [-0.39, 0.29) is 6.10 Å². The minimum atomic E-state index is 0.163. The molecule has 2 aliphatic rings. The number of anilines is 2. The maximum atomic E-state index is 5.98. The first-order valence-corrected chi connectivity index (χ1v) is 12.8. The molecule has 0 aromatic carbocycles. The Kier molecular flexibility index (Phi) is 7.54. The predicted octanol–water partition coefficient (Wildman–Crippen LogP) is 2.40. The maximum absolute atomic E-state index is 5.98. The quantitative estimate of drug-likeness (QED) is 0.498. The van der Waals surface area contributed by atoms with E-state index in [2.05, 4.69) is 52.3 Å². The number of hydrogen-bond acceptors (Lipinski definition) is 11. The molecular weight excluding hydrogens is 450 g/mol. The SMILES string of the molecule is CCN1CCN(Cc2cnc(Nc3ncc(-c4ccnc(OC5CCNCC5)n4)s3)nc2)CC1. The lowest BCUT2D eigenvalue weighted by atomic mass is 10.1. The largest absolute Gasteiger partial charge is 0.460 e. The summed E-state index contributed by atoms with van der Waals surface area (Å²) in [5.74, 6) is 0.540. The van der Waals surface area contributed by atoms with Crippen LogP contribution in [0.4, 0.5) is 11.1 Å². The number of nitrogens with one attached hydrogen (secondary N) is 2. The second-order valence-corrected chi connectivity index (χ2v) is 9.60. The van der Waals surface area contributed by atoms with Crippen molar-refractivity contribution in [3.8, 4) is 16.6 Å². The highest BCUT2D eigenvalue weighted by Gasteiger charge is 2.17. The van der Waals surface area contributed by atoms with Crippen molar-refractivity contribution in [3.05, 3.63) is 36.4 Å². The fourth-order valence-electron chi connectivity index (χ4n) is 4.17. The molecule has 10 nitrogen and oxygen atoms in total. The smallest absolute Gasteiger partial charge is 0.317 e. The van der Waals surface area contributed by atoms with E-state index < -0.39 is 0 Å². The van der Waals surface area contributed by atoms with Crippen molar-refractivity contribution in [1.29, 1.82) is 0 Å². The van der Waals surface area contributed by atoms with Gasteiger partial charge in [-0.2, -0.15) is 4.98 Å². The van der Waals surface area contributed by atoms with Crippen molar-refractivity contribution in [2.75, 3.05) is 51.1 Å². The van der Waals surface area contributed by atoms with E-state index in [1.54, 1.807) is 12.4 Å². The van der Waals surface area contributed by atoms with Crippen LogP contribution < -0.4 is 15.4 Å². The molecule has 2 aliphatic heterocycles. The molecular formula is C23H31N9OS. The van der Waals surface area contributed by atoms with Crippen molar-refractivity contribution in [1.82, 2.24) is 40.0 Å². The van der Waals surface area contributed by atoms with E-state index in [1.165, 1.54) is 11.3 Å². The summed E-state index contributed by atoms with van der Waals surface area (Å²) in [6.07, 6.45) is 9.42. The molecule has 2 saturated heterocycles. The normalized spacial score (nSPS) is 18.1. The Morgan fingerprint density at radius 1 is 1.03 bits per heavy atom. The van der Waals surface area contributed by atoms with Gasteiger partial charge in [0.2, 0.25) is 5.95 Å². The zero-order chi connectivity index (χ0) is 23.2. The Labute approximate surface area is 203 Å². The summed E-state index contributed by atoms with van der Waals surface area (Å²) in [4.78, 5) is 28.2. The number of aromatic nitrogens is 5. The average Bonchev–Trinajstić information content (AvgIpc) is 3.35. The molecule has 0 bridgehead atoms. The molecule has 2 fully saturated rings. The lowest BCUT2D eigenvalue weighted by molar-refractivity contribution is 0.132. The Balaban J connectivity index is 1.16. The summed E-state index contributed by atoms with van der Waals surface area (Å²) in [6.45, 7) is 10.6. The van der Waals surface area contributed by atoms with Gasteiger partial charge in [-0.05, 0) is 38.5 Å². The summed E-state index contributed by atoms with van der Waals surface area (Å²) >= 11 is 1.50. The van der Waals surface area contributed by atoms with Gasteiger partial charge in [0.15, 0.2) is 5.13 Å². The first-order valence-electron chi connectivity index (χ1n) is 11.9. The molecule has 0 aliphatic carbocycles. The number of hydrogen-bond donors (Lipinski definition) is 2. The molecule has 0 amide bonds. The van der Waals surface area contributed by atoms with Crippen LogP contribution in [0.1, 0.15) is 25.3 Å². The second kappa shape index (κ2) is 11.1. The lowest BCUT2D eigenvalue weighted by Gasteiger charge is -2.33. The molecule has 0 atom stereocenters. The number of rotatable bonds is 8. The third kappa shape index (κ3) is 6.03. The van der Waals surface area contributed by atoms with Gasteiger partial charge in [-0.25, -0.2) is 19.9 Å². The summed E-state index contributed by atoms with van der Waals surface area (Å²) in [7, 11) is 0. The van der Waals surface area contributed by atoms with Gasteiger partial charge in [-0.3, -0.25) is 4.90 Å². The monoisotopic (exact) mass is 481 g/mol. The Morgan fingerprint density at radius 2 is 1.79 bits per heavy atom. The van der Waals surface area contributed by atoms with Gasteiger partial charge < -0.3 is 20.3 Å². The molecule has 0 radical (unpaired) electrons. The first kappa shape index (κ1) is 23.0. The lowest BCUT2D eigenvalue weighted by Crippen LogP contribution is -2.45. The third-order valence-electron chi connectivity index (χ3n) is 6.19. The van der Waals surface area contributed by atoms with Crippen molar-refractivity contribution >= 4 is 22.4 Å². The Morgan fingerprint density at radius 3 is 2.56 bits per heavy atom. The van der Waals surface area contributed by atoms with Gasteiger partial charge in [-0.15, -0.1) is 0 Å². The highest BCUT2D eigenvalue weighted by molar-refractivity contribution is 7.18. The standard InChI is InChI=1S/C23H31N9OS/c1-2-31-9-11-32(12-10-31)16-17-13-26-21(27-14-17)30-23-28-15-20(34-23)19-5-8-25-22(29-19)33-18-3-6-24-7-4-18/h5,8,13-15,18,24H,2-4,6-7,9-12,16H2,1H3,(H,26,27,28,30). The molecule has 0 saturated carbocycles. The molecule has 5 heterocycles. The van der Waals surface area contributed by atoms with E-state index in [9.17, 15) is 0 Å². The number of piperidine rings is 1. The zero-order valence-electron chi connectivity index (χ0n) is 19.5. The minimum absolute atomic E-state index is 0.163. The van der Waals surface area contributed by atoms with Gasteiger partial charge in [-0.1, -0.05) is 18.3 Å². The van der Waals surface area contributed by atoms with E-state index >= 15 is 0 Å². The fraction of sp³-hybridized carbons (Fsp3) is 0.522. The van der Waals surface area contributed by atoms with Crippen LogP contribution in [0.25, 0.3) is 10.6 Å². The molecule has 11 heteroatoms. The maximum Gasteiger partial charge on any atom is 0.317 e. The fourth-order valence-corrected chi connectivity index (χ4v) is 4.95. The van der Waals surface area contributed by atoms with Crippen molar-refractivity contribution < 1.29 is 4.74 Å². The van der Waals surface area contributed by atoms with Gasteiger partial charge in [0, 0.05) is 63.1 Å².